The molecule has 0 saturated carbocycles. The van der Waals surface area contributed by atoms with Crippen molar-refractivity contribution in [1.29, 1.82) is 5.26 Å². The van der Waals surface area contributed by atoms with Crippen molar-refractivity contribution in [2.24, 2.45) is 0 Å². The molecule has 0 fully saturated rings. The minimum Gasteiger partial charge on any atom is -0.504 e. The number of nitrogens with zero attached hydrogens (tertiary/aromatic N) is 2. The van der Waals surface area contributed by atoms with Gasteiger partial charge in [0.2, 0.25) is 5.91 Å². The largest absolute Gasteiger partial charge is 0.504 e. The van der Waals surface area contributed by atoms with E-state index in [1.54, 1.807) is 18.2 Å². The highest BCUT2D eigenvalue weighted by Gasteiger charge is 2.32. The zero-order chi connectivity index (χ0) is 19.3. The number of hydrogen-bond donors (Lipinski definition) is 3. The highest BCUT2D eigenvalue weighted by molar-refractivity contribution is 7.23. The van der Waals surface area contributed by atoms with E-state index in [9.17, 15) is 15.2 Å². The van der Waals surface area contributed by atoms with E-state index in [-0.39, 0.29) is 29.8 Å². The Kier molecular flexibility index (Phi) is 3.89. The molecule has 1 aliphatic rings. The molecule has 0 unspecified atom stereocenters. The highest BCUT2D eigenvalue weighted by Crippen LogP contribution is 2.48. The second-order valence-electron chi connectivity index (χ2n) is 6.37. The number of hydrogen-bond acceptors (Lipinski definition) is 7. The number of carbonyl (C=O) groups excluding carboxylic acids is 1. The van der Waals surface area contributed by atoms with Crippen LogP contribution in [0.4, 0.5) is 10.8 Å². The number of ether oxygens (including phenoxy) is 1. The van der Waals surface area contributed by atoms with Crippen LogP contribution in [0.3, 0.4) is 0 Å². The molecule has 0 spiro atoms. The van der Waals surface area contributed by atoms with E-state index in [4.69, 9.17) is 10.5 Å². The number of nitrogens with two attached hydrogens (primary N) is 1. The van der Waals surface area contributed by atoms with Crippen LogP contribution in [-0.2, 0) is 4.79 Å². The number of rotatable bonds is 2. The molecule has 2 aromatic heterocycles. The van der Waals surface area contributed by atoms with Crippen LogP contribution >= 0.6 is 11.3 Å². The molecule has 7 nitrogen and oxygen atoms in total. The summed E-state index contributed by atoms with van der Waals surface area (Å²) in [4.78, 5) is 16.8. The van der Waals surface area contributed by atoms with Crippen molar-refractivity contribution in [3.05, 3.63) is 40.5 Å². The second kappa shape index (κ2) is 6.14. The number of aromatic hydroxyl groups is 1. The Morgan fingerprint density at radius 1 is 1.48 bits per heavy atom. The third kappa shape index (κ3) is 2.55. The van der Waals surface area contributed by atoms with Gasteiger partial charge in [-0.25, -0.2) is 4.98 Å². The van der Waals surface area contributed by atoms with Gasteiger partial charge in [0.1, 0.15) is 16.9 Å². The number of benzene rings is 1. The predicted octanol–water partition coefficient (Wildman–Crippen LogP) is 3.25. The lowest BCUT2D eigenvalue weighted by Gasteiger charge is -2.23. The van der Waals surface area contributed by atoms with Gasteiger partial charge in [0.25, 0.3) is 0 Å². The normalized spacial score (nSPS) is 15.9. The Balaban J connectivity index is 1.99. The number of amides is 1. The molecule has 4 rings (SSSR count). The number of phenols is 1. The van der Waals surface area contributed by atoms with E-state index in [1.807, 2.05) is 6.92 Å². The number of pyridine rings is 1. The Hall–Kier alpha value is -3.31. The molecule has 1 atom stereocenters. The summed E-state index contributed by atoms with van der Waals surface area (Å²) in [5.41, 5.74) is 9.52. The van der Waals surface area contributed by atoms with Crippen molar-refractivity contribution in [1.82, 2.24) is 4.98 Å². The number of methoxy groups -OCH3 is 1. The van der Waals surface area contributed by atoms with Crippen molar-refractivity contribution < 1.29 is 14.6 Å². The number of aromatic nitrogens is 1. The maximum Gasteiger partial charge on any atom is 0.225 e. The number of aryl methyl sites for hydroxylation is 1. The van der Waals surface area contributed by atoms with Crippen LogP contribution in [0, 0.1) is 18.3 Å². The molecule has 0 radical (unpaired) electrons. The zero-order valence-corrected chi connectivity index (χ0v) is 15.5. The fourth-order valence-electron chi connectivity index (χ4n) is 3.50. The molecule has 4 N–H and O–H groups in total. The van der Waals surface area contributed by atoms with Crippen molar-refractivity contribution in [3.8, 4) is 17.6 Å². The summed E-state index contributed by atoms with van der Waals surface area (Å²) in [6.45, 7) is 1.83. The molecule has 8 heteroatoms. The average Bonchev–Trinajstić information content (AvgIpc) is 3.00. The van der Waals surface area contributed by atoms with Gasteiger partial charge in [0.15, 0.2) is 11.5 Å². The maximum atomic E-state index is 12.3. The first kappa shape index (κ1) is 17.1. The number of nitrogen functional groups attached to an aromatic ring is 1. The standard InChI is InChI=1S/C19H16N4O3S/c1-8-11(7-20)18(21)23-16-15-10(6-14(25)22-19(15)27-17(8)16)9-3-4-12(24)13(5-9)26-2/h3-5,10,24H,6H2,1-2H3,(H2,21,23)(H,22,25)/t10-/m0/s1. The van der Waals surface area contributed by atoms with Gasteiger partial charge in [0, 0.05) is 17.9 Å². The monoisotopic (exact) mass is 380 g/mol. The van der Waals surface area contributed by atoms with Gasteiger partial charge in [-0.1, -0.05) is 6.07 Å². The van der Waals surface area contributed by atoms with Gasteiger partial charge in [-0.3, -0.25) is 4.79 Å². The smallest absolute Gasteiger partial charge is 0.225 e. The summed E-state index contributed by atoms with van der Waals surface area (Å²) < 4.78 is 6.05. The van der Waals surface area contributed by atoms with Crippen LogP contribution in [0.2, 0.25) is 0 Å². The van der Waals surface area contributed by atoms with Crippen molar-refractivity contribution in [2.45, 2.75) is 19.3 Å². The zero-order valence-electron chi connectivity index (χ0n) is 14.7. The summed E-state index contributed by atoms with van der Waals surface area (Å²) in [6, 6.07) is 7.15. The van der Waals surface area contributed by atoms with Gasteiger partial charge < -0.3 is 20.9 Å². The molecule has 0 saturated heterocycles. The van der Waals surface area contributed by atoms with Crippen LogP contribution < -0.4 is 15.8 Å². The third-order valence-corrected chi connectivity index (χ3v) is 6.06. The summed E-state index contributed by atoms with van der Waals surface area (Å²) in [6.07, 6.45) is 0.243. The van der Waals surface area contributed by atoms with Crippen molar-refractivity contribution in [3.63, 3.8) is 0 Å². The predicted molar refractivity (Wildman–Crippen MR) is 103 cm³/mol. The molecule has 1 amide bonds. The summed E-state index contributed by atoms with van der Waals surface area (Å²) in [5.74, 6) is 0.208. The Morgan fingerprint density at radius 3 is 2.96 bits per heavy atom. The lowest BCUT2D eigenvalue weighted by atomic mass is 9.86. The number of nitrogens with one attached hydrogen (secondary N) is 1. The average molecular weight is 380 g/mol. The Labute approximate surface area is 159 Å². The molecule has 1 aliphatic heterocycles. The van der Waals surface area contributed by atoms with E-state index in [0.29, 0.717) is 21.8 Å². The molecule has 3 aromatic rings. The Morgan fingerprint density at radius 2 is 2.26 bits per heavy atom. The molecule has 27 heavy (non-hydrogen) atoms. The lowest BCUT2D eigenvalue weighted by Crippen LogP contribution is -2.22. The second-order valence-corrected chi connectivity index (χ2v) is 7.39. The first-order chi connectivity index (χ1) is 12.9. The summed E-state index contributed by atoms with van der Waals surface area (Å²) in [5, 5.41) is 22.8. The molecular weight excluding hydrogens is 364 g/mol. The van der Waals surface area contributed by atoms with Crippen LogP contribution in [0.15, 0.2) is 18.2 Å². The number of thiophene rings is 1. The minimum absolute atomic E-state index is 0.0359. The van der Waals surface area contributed by atoms with E-state index in [0.717, 1.165) is 21.4 Å². The number of anilines is 2. The molecular formula is C19H16N4O3S. The van der Waals surface area contributed by atoms with Gasteiger partial charge in [-0.15, -0.1) is 11.3 Å². The summed E-state index contributed by atoms with van der Waals surface area (Å²) >= 11 is 1.40. The number of fused-ring (bicyclic) bond motifs is 3. The highest BCUT2D eigenvalue weighted by atomic mass is 32.1. The topological polar surface area (TPSA) is 121 Å². The molecule has 136 valence electrons. The van der Waals surface area contributed by atoms with Crippen LogP contribution in [0.5, 0.6) is 11.5 Å². The first-order valence-electron chi connectivity index (χ1n) is 8.24. The fourth-order valence-corrected chi connectivity index (χ4v) is 4.73. The van der Waals surface area contributed by atoms with Gasteiger partial charge in [0.05, 0.1) is 22.9 Å². The third-order valence-electron chi connectivity index (χ3n) is 4.83. The fraction of sp³-hybridized carbons (Fsp3) is 0.211. The van der Waals surface area contributed by atoms with Crippen molar-refractivity contribution in [2.75, 3.05) is 18.2 Å². The van der Waals surface area contributed by atoms with E-state index < -0.39 is 0 Å². The lowest BCUT2D eigenvalue weighted by molar-refractivity contribution is -0.116. The first-order valence-corrected chi connectivity index (χ1v) is 9.05. The number of nitriles is 1. The number of phenolic OH excluding ortho intramolecular Hbond substituents is 1. The van der Waals surface area contributed by atoms with E-state index in [2.05, 4.69) is 16.4 Å². The van der Waals surface area contributed by atoms with E-state index >= 15 is 0 Å². The van der Waals surface area contributed by atoms with Crippen LogP contribution in [-0.4, -0.2) is 23.1 Å². The molecule has 1 aromatic carbocycles. The molecule has 0 bridgehead atoms. The van der Waals surface area contributed by atoms with Crippen LogP contribution in [0.1, 0.15) is 34.6 Å². The minimum atomic E-state index is -0.253. The van der Waals surface area contributed by atoms with Gasteiger partial charge in [-0.2, -0.15) is 5.26 Å². The quantitative estimate of drug-likeness (QED) is 0.627. The summed E-state index contributed by atoms with van der Waals surface area (Å²) in [7, 11) is 1.48. The molecule has 3 heterocycles. The van der Waals surface area contributed by atoms with Crippen LogP contribution in [0.25, 0.3) is 10.2 Å². The number of carbonyl (C=O) groups is 1. The van der Waals surface area contributed by atoms with Crippen molar-refractivity contribution >= 4 is 38.3 Å². The van der Waals surface area contributed by atoms with E-state index in [1.165, 1.54) is 18.4 Å². The molecule has 0 aliphatic carbocycles. The maximum absolute atomic E-state index is 12.3. The SMILES string of the molecule is COc1cc([C@@H]2CC(=O)Nc3sc4c(C)c(C#N)c(N)nc4c32)ccc1O. The van der Waals surface area contributed by atoms with Gasteiger partial charge >= 0.3 is 0 Å². The Bertz CT molecular complexity index is 1150. The van der Waals surface area contributed by atoms with Gasteiger partial charge in [-0.05, 0) is 30.2 Å².